The molecule has 0 radical (unpaired) electrons. The molecule has 0 aliphatic carbocycles. The van der Waals surface area contributed by atoms with Crippen molar-refractivity contribution in [1.29, 1.82) is 0 Å². The van der Waals surface area contributed by atoms with Crippen LogP contribution >= 0.6 is 11.8 Å². The number of hydrogen-bond acceptors (Lipinski definition) is 7. The fraction of sp³-hybridized carbons (Fsp3) is 0.818. The van der Waals surface area contributed by atoms with Crippen LogP contribution in [0.2, 0.25) is 0 Å². The van der Waals surface area contributed by atoms with Crippen LogP contribution in [0.4, 0.5) is 5.95 Å². The largest absolute Gasteiger partial charge is 0.391 e. The Bertz CT molecular complexity index is 374. The van der Waals surface area contributed by atoms with Gasteiger partial charge in [0.2, 0.25) is 5.89 Å². The highest BCUT2D eigenvalue weighted by Gasteiger charge is 2.23. The molecule has 1 aliphatic rings. The maximum atomic E-state index is 9.62. The predicted octanol–water partition coefficient (Wildman–Crippen LogP) is 0.784. The highest BCUT2D eigenvalue weighted by atomic mass is 32.2. The van der Waals surface area contributed by atoms with E-state index in [4.69, 9.17) is 10.3 Å². The average molecular weight is 272 g/mol. The van der Waals surface area contributed by atoms with Crippen LogP contribution < -0.4 is 10.6 Å². The number of aromatic nitrogens is 2. The van der Waals surface area contributed by atoms with E-state index in [1.165, 1.54) is 0 Å². The number of nitrogens with two attached hydrogens (primary N) is 1. The molecule has 18 heavy (non-hydrogen) atoms. The third-order valence-corrected chi connectivity index (χ3v) is 3.70. The van der Waals surface area contributed by atoms with Crippen LogP contribution in [-0.2, 0) is 0 Å². The van der Waals surface area contributed by atoms with Gasteiger partial charge in [0.1, 0.15) is 0 Å². The summed E-state index contributed by atoms with van der Waals surface area (Å²) in [5.74, 6) is 2.00. The Labute approximate surface area is 111 Å². The fourth-order valence-electron chi connectivity index (χ4n) is 2.01. The summed E-state index contributed by atoms with van der Waals surface area (Å²) in [6, 6.07) is -0.201. The van der Waals surface area contributed by atoms with Crippen LogP contribution in [-0.4, -0.2) is 46.4 Å². The minimum atomic E-state index is -0.300. The zero-order valence-corrected chi connectivity index (χ0v) is 11.4. The number of hydrogen-bond donors (Lipinski definition) is 2. The molecule has 7 heteroatoms. The summed E-state index contributed by atoms with van der Waals surface area (Å²) in [6.45, 7) is 1.43. The van der Waals surface area contributed by atoms with Crippen molar-refractivity contribution in [2.45, 2.75) is 31.4 Å². The Morgan fingerprint density at radius 3 is 3.22 bits per heavy atom. The van der Waals surface area contributed by atoms with Crippen molar-refractivity contribution in [3.8, 4) is 0 Å². The van der Waals surface area contributed by atoms with E-state index in [9.17, 15) is 5.11 Å². The molecular weight excluding hydrogens is 252 g/mol. The standard InChI is InChI=1S/C11H20N4O2S/c1-18-6-4-9(12)10-13-11(14-17-10)15-5-2-3-8(16)7-15/h8-9,16H,2-7,12H2,1H3/t8?,9-/m0/s1. The number of rotatable bonds is 5. The number of thioether (sulfide) groups is 1. The molecule has 0 spiro atoms. The van der Waals surface area contributed by atoms with E-state index in [-0.39, 0.29) is 12.1 Å². The van der Waals surface area contributed by atoms with E-state index in [1.54, 1.807) is 11.8 Å². The van der Waals surface area contributed by atoms with Gasteiger partial charge in [-0.1, -0.05) is 0 Å². The van der Waals surface area contributed by atoms with Crippen LogP contribution in [0.5, 0.6) is 0 Å². The van der Waals surface area contributed by atoms with E-state index in [0.717, 1.165) is 31.6 Å². The first-order valence-electron chi connectivity index (χ1n) is 6.22. The molecule has 0 amide bonds. The third-order valence-electron chi connectivity index (χ3n) is 3.06. The van der Waals surface area contributed by atoms with E-state index in [2.05, 4.69) is 10.1 Å². The summed E-state index contributed by atoms with van der Waals surface area (Å²) in [6.07, 6.45) is 4.36. The lowest BCUT2D eigenvalue weighted by molar-refractivity contribution is 0.153. The molecule has 1 unspecified atom stereocenters. The number of aliphatic hydroxyl groups excluding tert-OH is 1. The molecule has 0 saturated carbocycles. The summed E-state index contributed by atoms with van der Waals surface area (Å²) < 4.78 is 5.19. The highest BCUT2D eigenvalue weighted by Crippen LogP contribution is 2.20. The second-order valence-corrected chi connectivity index (χ2v) is 5.55. The molecule has 1 aliphatic heterocycles. The maximum absolute atomic E-state index is 9.62. The summed E-state index contributed by atoms with van der Waals surface area (Å²) in [5.41, 5.74) is 5.97. The Kier molecular flexibility index (Phi) is 4.85. The van der Waals surface area contributed by atoms with Crippen LogP contribution in [0, 0.1) is 0 Å². The Balaban J connectivity index is 1.96. The first-order valence-corrected chi connectivity index (χ1v) is 7.61. The molecule has 1 aromatic heterocycles. The van der Waals surface area contributed by atoms with Gasteiger partial charge in [-0.25, -0.2) is 0 Å². The number of aliphatic hydroxyl groups is 1. The Hall–Kier alpha value is -0.790. The van der Waals surface area contributed by atoms with Gasteiger partial charge in [0.15, 0.2) is 0 Å². The lowest BCUT2D eigenvalue weighted by Crippen LogP contribution is -2.38. The third kappa shape index (κ3) is 3.37. The summed E-state index contributed by atoms with van der Waals surface area (Å²) in [7, 11) is 0. The number of anilines is 1. The smallest absolute Gasteiger partial charge is 0.266 e. The molecule has 3 N–H and O–H groups in total. The zero-order chi connectivity index (χ0) is 13.0. The van der Waals surface area contributed by atoms with Gasteiger partial charge in [-0.05, 0) is 36.4 Å². The molecule has 0 aromatic carbocycles. The van der Waals surface area contributed by atoms with E-state index >= 15 is 0 Å². The van der Waals surface area contributed by atoms with Gasteiger partial charge in [-0.3, -0.25) is 0 Å². The van der Waals surface area contributed by atoms with Crippen molar-refractivity contribution in [2.24, 2.45) is 5.73 Å². The maximum Gasteiger partial charge on any atom is 0.266 e. The molecule has 2 atom stereocenters. The van der Waals surface area contributed by atoms with Crippen molar-refractivity contribution in [1.82, 2.24) is 10.1 Å². The predicted molar refractivity (Wildman–Crippen MR) is 71.7 cm³/mol. The summed E-state index contributed by atoms with van der Waals surface area (Å²) >= 11 is 1.75. The van der Waals surface area contributed by atoms with Gasteiger partial charge in [-0.2, -0.15) is 16.7 Å². The van der Waals surface area contributed by atoms with E-state index in [1.807, 2.05) is 11.2 Å². The molecule has 102 valence electrons. The monoisotopic (exact) mass is 272 g/mol. The Morgan fingerprint density at radius 1 is 1.67 bits per heavy atom. The van der Waals surface area contributed by atoms with Crippen molar-refractivity contribution in [2.75, 3.05) is 30.0 Å². The van der Waals surface area contributed by atoms with Crippen LogP contribution in [0.1, 0.15) is 31.2 Å². The summed E-state index contributed by atoms with van der Waals surface area (Å²) in [5, 5.41) is 13.6. The SMILES string of the molecule is CSCC[C@H](N)c1nc(N2CCCC(O)C2)no1. The number of piperidine rings is 1. The number of β-amino-alcohol motifs (C(OH)–C–C–N with tert-alkyl or cyclic N) is 1. The molecule has 2 heterocycles. The van der Waals surface area contributed by atoms with E-state index < -0.39 is 0 Å². The molecule has 1 aromatic rings. The molecular formula is C11H20N4O2S. The van der Waals surface area contributed by atoms with Gasteiger partial charge in [0.25, 0.3) is 5.95 Å². The van der Waals surface area contributed by atoms with Crippen molar-refractivity contribution >= 4 is 17.7 Å². The molecule has 6 nitrogen and oxygen atoms in total. The number of nitrogens with zero attached hydrogens (tertiary/aromatic N) is 3. The lowest BCUT2D eigenvalue weighted by Gasteiger charge is -2.28. The fourth-order valence-corrected chi connectivity index (χ4v) is 2.50. The quantitative estimate of drug-likeness (QED) is 0.819. The normalized spacial score (nSPS) is 22.2. The molecule has 1 fully saturated rings. The Morgan fingerprint density at radius 2 is 2.50 bits per heavy atom. The second-order valence-electron chi connectivity index (χ2n) is 4.56. The van der Waals surface area contributed by atoms with Crippen molar-refractivity contribution in [3.63, 3.8) is 0 Å². The van der Waals surface area contributed by atoms with Crippen molar-refractivity contribution < 1.29 is 9.63 Å². The van der Waals surface area contributed by atoms with Gasteiger partial charge in [-0.15, -0.1) is 0 Å². The van der Waals surface area contributed by atoms with Crippen LogP contribution in [0.15, 0.2) is 4.52 Å². The summed E-state index contributed by atoms with van der Waals surface area (Å²) in [4.78, 5) is 6.27. The van der Waals surface area contributed by atoms with Gasteiger partial charge in [0.05, 0.1) is 12.1 Å². The van der Waals surface area contributed by atoms with Crippen LogP contribution in [0.3, 0.4) is 0 Å². The van der Waals surface area contributed by atoms with Gasteiger partial charge in [0, 0.05) is 13.1 Å². The van der Waals surface area contributed by atoms with Crippen molar-refractivity contribution in [3.05, 3.63) is 5.89 Å². The molecule has 2 rings (SSSR count). The van der Waals surface area contributed by atoms with E-state index in [0.29, 0.717) is 18.4 Å². The van der Waals surface area contributed by atoms with Crippen LogP contribution in [0.25, 0.3) is 0 Å². The average Bonchev–Trinajstić information content (AvgIpc) is 2.85. The second kappa shape index (κ2) is 6.40. The topological polar surface area (TPSA) is 88.4 Å². The first kappa shape index (κ1) is 13.6. The zero-order valence-electron chi connectivity index (χ0n) is 10.6. The minimum absolute atomic E-state index is 0.201. The highest BCUT2D eigenvalue weighted by molar-refractivity contribution is 7.98. The lowest BCUT2D eigenvalue weighted by atomic mass is 10.1. The molecule has 1 saturated heterocycles. The first-order chi connectivity index (χ1) is 8.70. The minimum Gasteiger partial charge on any atom is -0.391 e. The van der Waals surface area contributed by atoms with Gasteiger partial charge < -0.3 is 20.3 Å². The molecule has 0 bridgehead atoms. The van der Waals surface area contributed by atoms with Gasteiger partial charge >= 0.3 is 0 Å².